The summed E-state index contributed by atoms with van der Waals surface area (Å²) in [5.74, 6) is -2.87. The third-order valence-corrected chi connectivity index (χ3v) is 6.15. The van der Waals surface area contributed by atoms with Crippen molar-refractivity contribution in [2.45, 2.75) is 50.9 Å². The van der Waals surface area contributed by atoms with Gasteiger partial charge in [-0.1, -0.05) is 48.5 Å². The van der Waals surface area contributed by atoms with Crippen molar-refractivity contribution < 1.29 is 37.4 Å². The summed E-state index contributed by atoms with van der Waals surface area (Å²) in [5, 5.41) is 11.4. The second-order valence-electron chi connectivity index (χ2n) is 8.79. The molecule has 1 unspecified atom stereocenters. The highest BCUT2D eigenvalue weighted by molar-refractivity contribution is 5.91. The second kappa shape index (κ2) is 9.97. The summed E-state index contributed by atoms with van der Waals surface area (Å²) in [6.07, 6.45) is -7.65. The molecule has 0 aromatic heterocycles. The van der Waals surface area contributed by atoms with Gasteiger partial charge in [0.1, 0.15) is 18.2 Å². The third-order valence-electron chi connectivity index (χ3n) is 6.15. The van der Waals surface area contributed by atoms with Crippen LogP contribution in [0, 0.1) is 0 Å². The van der Waals surface area contributed by atoms with Crippen LogP contribution in [-0.2, 0) is 14.3 Å². The summed E-state index contributed by atoms with van der Waals surface area (Å²) in [6.45, 7) is 3.54. The Morgan fingerprint density at radius 1 is 1.03 bits per heavy atom. The average molecular weight is 492 g/mol. The molecule has 0 radical (unpaired) electrons. The highest BCUT2D eigenvalue weighted by Gasteiger charge is 2.44. The molecule has 0 spiro atoms. The number of halogens is 3. The lowest BCUT2D eigenvalue weighted by Gasteiger charge is -2.36. The van der Waals surface area contributed by atoms with E-state index in [-0.39, 0.29) is 19.1 Å². The van der Waals surface area contributed by atoms with Crippen LogP contribution in [0.3, 0.4) is 0 Å². The van der Waals surface area contributed by atoms with Gasteiger partial charge in [-0.25, -0.2) is 9.59 Å². The molecule has 3 rings (SSSR count). The molecule has 1 aliphatic rings. The number of likely N-dealkylation sites (N-methyl/N-ethyl adjacent to an activating group) is 1. The molecule has 188 valence electrons. The number of nitrogens with zero attached hydrogens (tertiary/aromatic N) is 1. The number of carboxylic acids is 1. The minimum atomic E-state index is -4.79. The van der Waals surface area contributed by atoms with Gasteiger partial charge in [-0.3, -0.25) is 4.79 Å². The number of ether oxygens (including phenoxy) is 1. The SMILES string of the molecule is CCN(C(=O)C(CC(F)(F)F)NC(=O)OCC1c2ccccc2-c2ccccc21)C(C)(C)C(=O)O. The predicted octanol–water partition coefficient (Wildman–Crippen LogP) is 4.56. The van der Waals surface area contributed by atoms with Crippen molar-refractivity contribution in [1.82, 2.24) is 10.2 Å². The number of amides is 2. The number of carbonyl (C=O) groups is 3. The van der Waals surface area contributed by atoms with Crippen LogP contribution < -0.4 is 5.32 Å². The molecule has 10 heteroatoms. The summed E-state index contributed by atoms with van der Waals surface area (Å²) < 4.78 is 44.9. The first kappa shape index (κ1) is 26.1. The van der Waals surface area contributed by atoms with Crippen LogP contribution >= 0.6 is 0 Å². The van der Waals surface area contributed by atoms with Crippen molar-refractivity contribution in [2.24, 2.45) is 0 Å². The van der Waals surface area contributed by atoms with E-state index in [1.807, 2.05) is 53.8 Å². The van der Waals surface area contributed by atoms with Crippen LogP contribution in [0.25, 0.3) is 11.1 Å². The first-order valence-electron chi connectivity index (χ1n) is 11.1. The quantitative estimate of drug-likeness (QED) is 0.563. The van der Waals surface area contributed by atoms with Gasteiger partial charge in [-0.15, -0.1) is 0 Å². The number of nitrogens with one attached hydrogen (secondary N) is 1. The van der Waals surface area contributed by atoms with E-state index in [9.17, 15) is 32.7 Å². The molecule has 0 heterocycles. The molecule has 2 aromatic carbocycles. The topological polar surface area (TPSA) is 95.9 Å². The normalized spacial score (nSPS) is 14.0. The second-order valence-corrected chi connectivity index (χ2v) is 8.79. The molecule has 0 saturated heterocycles. The standard InChI is InChI=1S/C25H27F3N2O5/c1-4-30(24(2,3)22(32)33)21(31)20(13-25(26,27)28)29-23(34)35-14-19-17-11-7-5-9-15(17)16-10-6-8-12-18(16)19/h5-12,19-20H,4,13-14H2,1-3H3,(H,29,34)(H,32,33). The van der Waals surface area contributed by atoms with Crippen LogP contribution in [0.5, 0.6) is 0 Å². The number of hydrogen-bond donors (Lipinski definition) is 2. The van der Waals surface area contributed by atoms with Crippen molar-refractivity contribution in [3.63, 3.8) is 0 Å². The zero-order valence-electron chi connectivity index (χ0n) is 19.6. The Hall–Kier alpha value is -3.56. The van der Waals surface area contributed by atoms with Crippen molar-refractivity contribution in [1.29, 1.82) is 0 Å². The lowest BCUT2D eigenvalue weighted by molar-refractivity contribution is -0.164. The van der Waals surface area contributed by atoms with E-state index < -0.39 is 42.1 Å². The number of aliphatic carboxylic acids is 1. The number of carboxylic acid groups (broad SMARTS) is 1. The fourth-order valence-electron chi connectivity index (χ4n) is 4.34. The molecule has 2 aromatic rings. The molecular weight excluding hydrogens is 465 g/mol. The molecule has 1 atom stereocenters. The summed E-state index contributed by atoms with van der Waals surface area (Å²) in [5.41, 5.74) is 2.03. The highest BCUT2D eigenvalue weighted by Crippen LogP contribution is 2.44. The number of alkyl halides is 3. The number of fused-ring (bicyclic) bond motifs is 3. The van der Waals surface area contributed by atoms with Crippen molar-refractivity contribution >= 4 is 18.0 Å². The summed E-state index contributed by atoms with van der Waals surface area (Å²) >= 11 is 0. The van der Waals surface area contributed by atoms with Gasteiger partial charge >= 0.3 is 18.2 Å². The number of rotatable bonds is 8. The Kier molecular flexibility index (Phi) is 7.42. The summed E-state index contributed by atoms with van der Waals surface area (Å²) in [4.78, 5) is 37.8. The average Bonchev–Trinajstić information content (AvgIpc) is 3.10. The van der Waals surface area contributed by atoms with E-state index in [1.54, 1.807) is 0 Å². The maximum absolute atomic E-state index is 13.2. The summed E-state index contributed by atoms with van der Waals surface area (Å²) in [7, 11) is 0. The molecule has 35 heavy (non-hydrogen) atoms. The number of alkyl carbamates (subject to hydrolysis) is 1. The van der Waals surface area contributed by atoms with Gasteiger partial charge in [0.05, 0.1) is 6.42 Å². The van der Waals surface area contributed by atoms with Gasteiger partial charge in [0.15, 0.2) is 0 Å². The van der Waals surface area contributed by atoms with Crippen LogP contribution in [0.2, 0.25) is 0 Å². The van der Waals surface area contributed by atoms with Crippen molar-refractivity contribution in [3.05, 3.63) is 59.7 Å². The zero-order chi connectivity index (χ0) is 26.0. The molecule has 2 N–H and O–H groups in total. The van der Waals surface area contributed by atoms with Crippen LogP contribution in [0.1, 0.15) is 44.2 Å². The molecule has 1 aliphatic carbocycles. The molecule has 7 nitrogen and oxygen atoms in total. The van der Waals surface area contributed by atoms with E-state index in [0.717, 1.165) is 27.2 Å². The van der Waals surface area contributed by atoms with Crippen LogP contribution in [0.4, 0.5) is 18.0 Å². The Labute approximate surface area is 200 Å². The Balaban J connectivity index is 1.77. The number of carbonyl (C=O) groups excluding carboxylic acids is 2. The van der Waals surface area contributed by atoms with E-state index in [1.165, 1.54) is 20.8 Å². The molecule has 0 aliphatic heterocycles. The number of benzene rings is 2. The Morgan fingerprint density at radius 2 is 1.54 bits per heavy atom. The van der Waals surface area contributed by atoms with E-state index in [4.69, 9.17) is 4.74 Å². The molecule has 0 saturated carbocycles. The molecule has 0 bridgehead atoms. The van der Waals surface area contributed by atoms with E-state index in [0.29, 0.717) is 0 Å². The first-order chi connectivity index (χ1) is 16.4. The molecule has 0 fully saturated rings. The fourth-order valence-corrected chi connectivity index (χ4v) is 4.34. The van der Waals surface area contributed by atoms with Crippen LogP contribution in [0.15, 0.2) is 48.5 Å². The number of hydrogen-bond acceptors (Lipinski definition) is 4. The summed E-state index contributed by atoms with van der Waals surface area (Å²) in [6, 6.07) is 13.1. The van der Waals surface area contributed by atoms with Gasteiger partial charge < -0.3 is 20.1 Å². The van der Waals surface area contributed by atoms with Gasteiger partial charge in [0, 0.05) is 12.5 Å². The van der Waals surface area contributed by atoms with Gasteiger partial charge in [-0.05, 0) is 43.0 Å². The lowest BCUT2D eigenvalue weighted by atomic mass is 9.98. The Morgan fingerprint density at radius 3 is 2.00 bits per heavy atom. The maximum Gasteiger partial charge on any atom is 0.407 e. The van der Waals surface area contributed by atoms with E-state index in [2.05, 4.69) is 0 Å². The highest BCUT2D eigenvalue weighted by atomic mass is 19.4. The monoisotopic (exact) mass is 492 g/mol. The third kappa shape index (κ3) is 5.58. The van der Waals surface area contributed by atoms with Gasteiger partial charge in [0.25, 0.3) is 0 Å². The zero-order valence-corrected chi connectivity index (χ0v) is 19.6. The molecule has 2 amide bonds. The fraction of sp³-hybridized carbons (Fsp3) is 0.400. The molecular formula is C25H27F3N2O5. The predicted molar refractivity (Wildman–Crippen MR) is 122 cm³/mol. The van der Waals surface area contributed by atoms with Gasteiger partial charge in [-0.2, -0.15) is 13.2 Å². The van der Waals surface area contributed by atoms with E-state index >= 15 is 0 Å². The van der Waals surface area contributed by atoms with Crippen LogP contribution in [-0.4, -0.2) is 58.9 Å². The first-order valence-corrected chi connectivity index (χ1v) is 11.1. The van der Waals surface area contributed by atoms with Crippen molar-refractivity contribution in [2.75, 3.05) is 13.2 Å². The smallest absolute Gasteiger partial charge is 0.407 e. The minimum absolute atomic E-state index is 0.148. The van der Waals surface area contributed by atoms with Crippen molar-refractivity contribution in [3.8, 4) is 11.1 Å². The lowest BCUT2D eigenvalue weighted by Crippen LogP contribution is -2.59. The maximum atomic E-state index is 13.2. The largest absolute Gasteiger partial charge is 0.480 e. The minimum Gasteiger partial charge on any atom is -0.480 e. The van der Waals surface area contributed by atoms with Gasteiger partial charge in [0.2, 0.25) is 5.91 Å². The Bertz CT molecular complexity index is 1070.